The van der Waals surface area contributed by atoms with Gasteiger partial charge in [-0.1, -0.05) is 12.1 Å². The number of aryl methyl sites for hydroxylation is 1. The quantitative estimate of drug-likeness (QED) is 0.761. The number of carbonyl (C=O) groups is 1. The third-order valence-electron chi connectivity index (χ3n) is 3.04. The van der Waals surface area contributed by atoms with Gasteiger partial charge in [-0.2, -0.15) is 0 Å². The maximum Gasteiger partial charge on any atom is 0.264 e. The highest BCUT2D eigenvalue weighted by atomic mass is 16.5. The SMILES string of the molecule is Cc1cccc(OCC(=O)NCc2cc(=O)[nH][nH]2)c1C. The van der Waals surface area contributed by atoms with Crippen LogP contribution in [-0.2, 0) is 11.3 Å². The zero-order valence-electron chi connectivity index (χ0n) is 11.4. The fraction of sp³-hybridized carbons (Fsp3) is 0.286. The van der Waals surface area contributed by atoms with Crippen molar-refractivity contribution in [3.8, 4) is 5.75 Å². The fourth-order valence-electron chi connectivity index (χ4n) is 1.74. The van der Waals surface area contributed by atoms with Crippen LogP contribution in [0.1, 0.15) is 16.8 Å². The Kier molecular flexibility index (Phi) is 4.24. The van der Waals surface area contributed by atoms with Crippen molar-refractivity contribution < 1.29 is 9.53 Å². The first-order chi connectivity index (χ1) is 9.56. The maximum atomic E-state index is 11.7. The topological polar surface area (TPSA) is 87.0 Å². The third-order valence-corrected chi connectivity index (χ3v) is 3.04. The number of carbonyl (C=O) groups excluding carboxylic acids is 1. The second-order valence-electron chi connectivity index (χ2n) is 4.55. The Hall–Kier alpha value is -2.50. The molecule has 2 rings (SSSR count). The van der Waals surface area contributed by atoms with E-state index in [0.29, 0.717) is 11.4 Å². The molecular weight excluding hydrogens is 258 g/mol. The van der Waals surface area contributed by atoms with E-state index in [-0.39, 0.29) is 24.6 Å². The van der Waals surface area contributed by atoms with Crippen molar-refractivity contribution in [2.45, 2.75) is 20.4 Å². The molecule has 20 heavy (non-hydrogen) atoms. The minimum Gasteiger partial charge on any atom is -0.483 e. The van der Waals surface area contributed by atoms with Crippen molar-refractivity contribution in [2.24, 2.45) is 0 Å². The van der Waals surface area contributed by atoms with Crippen LogP contribution in [0.25, 0.3) is 0 Å². The number of nitrogens with one attached hydrogen (secondary N) is 3. The van der Waals surface area contributed by atoms with Gasteiger partial charge in [0.25, 0.3) is 11.5 Å². The summed E-state index contributed by atoms with van der Waals surface area (Å²) in [5, 5.41) is 7.72. The minimum absolute atomic E-state index is 0.0566. The van der Waals surface area contributed by atoms with Crippen LogP contribution in [0.4, 0.5) is 0 Å². The maximum absolute atomic E-state index is 11.7. The van der Waals surface area contributed by atoms with E-state index in [2.05, 4.69) is 15.5 Å². The molecule has 1 amide bonds. The summed E-state index contributed by atoms with van der Waals surface area (Å²) in [6.07, 6.45) is 0. The number of benzene rings is 1. The lowest BCUT2D eigenvalue weighted by Gasteiger charge is -2.10. The van der Waals surface area contributed by atoms with Crippen LogP contribution in [0.2, 0.25) is 0 Å². The molecule has 0 radical (unpaired) electrons. The molecule has 0 unspecified atom stereocenters. The number of hydrogen-bond donors (Lipinski definition) is 3. The predicted octanol–water partition coefficient (Wildman–Crippen LogP) is 1.02. The smallest absolute Gasteiger partial charge is 0.264 e. The van der Waals surface area contributed by atoms with Gasteiger partial charge in [0.15, 0.2) is 6.61 Å². The van der Waals surface area contributed by atoms with Crippen molar-refractivity contribution in [1.82, 2.24) is 15.5 Å². The lowest BCUT2D eigenvalue weighted by atomic mass is 10.1. The fourth-order valence-corrected chi connectivity index (χ4v) is 1.74. The van der Waals surface area contributed by atoms with Crippen LogP contribution in [0.15, 0.2) is 29.1 Å². The number of amides is 1. The van der Waals surface area contributed by atoms with Crippen molar-refractivity contribution in [3.05, 3.63) is 51.4 Å². The molecule has 0 saturated carbocycles. The highest BCUT2D eigenvalue weighted by Gasteiger charge is 2.06. The predicted molar refractivity (Wildman–Crippen MR) is 74.7 cm³/mol. The van der Waals surface area contributed by atoms with Crippen molar-refractivity contribution >= 4 is 5.91 Å². The highest BCUT2D eigenvalue weighted by molar-refractivity contribution is 5.77. The van der Waals surface area contributed by atoms with E-state index in [1.165, 1.54) is 6.07 Å². The monoisotopic (exact) mass is 275 g/mol. The first-order valence-electron chi connectivity index (χ1n) is 6.28. The van der Waals surface area contributed by atoms with E-state index in [1.807, 2.05) is 32.0 Å². The second-order valence-corrected chi connectivity index (χ2v) is 4.55. The van der Waals surface area contributed by atoms with E-state index < -0.39 is 0 Å². The summed E-state index contributed by atoms with van der Waals surface area (Å²) in [6, 6.07) is 7.11. The molecular formula is C14H17N3O3. The molecule has 1 aromatic carbocycles. The molecule has 0 saturated heterocycles. The van der Waals surface area contributed by atoms with Crippen LogP contribution in [0, 0.1) is 13.8 Å². The second kappa shape index (κ2) is 6.10. The van der Waals surface area contributed by atoms with Crippen molar-refractivity contribution in [2.75, 3.05) is 6.61 Å². The Morgan fingerprint density at radius 3 is 2.80 bits per heavy atom. The van der Waals surface area contributed by atoms with Gasteiger partial charge in [0.2, 0.25) is 0 Å². The summed E-state index contributed by atoms with van der Waals surface area (Å²) in [7, 11) is 0. The Morgan fingerprint density at radius 2 is 2.10 bits per heavy atom. The van der Waals surface area contributed by atoms with Gasteiger partial charge in [0, 0.05) is 6.07 Å². The van der Waals surface area contributed by atoms with Crippen LogP contribution in [0.5, 0.6) is 5.75 Å². The lowest BCUT2D eigenvalue weighted by Crippen LogP contribution is -2.28. The zero-order valence-corrected chi connectivity index (χ0v) is 11.4. The van der Waals surface area contributed by atoms with Gasteiger partial charge < -0.3 is 15.2 Å². The molecule has 106 valence electrons. The van der Waals surface area contributed by atoms with Gasteiger partial charge in [0.1, 0.15) is 5.75 Å². The summed E-state index contributed by atoms with van der Waals surface area (Å²) < 4.78 is 5.48. The van der Waals surface area contributed by atoms with Crippen LogP contribution >= 0.6 is 0 Å². The average Bonchev–Trinajstić information content (AvgIpc) is 2.84. The molecule has 0 aliphatic rings. The molecule has 6 nitrogen and oxygen atoms in total. The van der Waals surface area contributed by atoms with E-state index in [1.54, 1.807) is 0 Å². The molecule has 0 spiro atoms. The van der Waals surface area contributed by atoms with Crippen LogP contribution in [-0.4, -0.2) is 22.7 Å². The first kappa shape index (κ1) is 13.9. The van der Waals surface area contributed by atoms with E-state index in [4.69, 9.17) is 4.74 Å². The number of hydrogen-bond acceptors (Lipinski definition) is 3. The number of aromatic amines is 2. The molecule has 2 aromatic rings. The van der Waals surface area contributed by atoms with E-state index >= 15 is 0 Å². The Balaban J connectivity index is 1.83. The average molecular weight is 275 g/mol. The van der Waals surface area contributed by atoms with E-state index in [9.17, 15) is 9.59 Å². The Labute approximate surface area is 116 Å². The molecule has 3 N–H and O–H groups in total. The van der Waals surface area contributed by atoms with Gasteiger partial charge in [-0.25, -0.2) is 0 Å². The molecule has 0 fully saturated rings. The summed E-state index contributed by atoms with van der Waals surface area (Å²) in [6.45, 7) is 4.14. The third kappa shape index (κ3) is 3.50. The van der Waals surface area contributed by atoms with Gasteiger partial charge in [-0.05, 0) is 31.0 Å². The standard InChI is InChI=1S/C14H17N3O3/c1-9-4-3-5-12(10(9)2)20-8-14(19)15-7-11-6-13(18)17-16-11/h3-6H,7-8H2,1-2H3,(H,15,19)(H2,16,17,18). The van der Waals surface area contributed by atoms with Gasteiger partial charge >= 0.3 is 0 Å². The minimum atomic E-state index is -0.243. The molecule has 6 heteroatoms. The summed E-state index contributed by atoms with van der Waals surface area (Å²) >= 11 is 0. The number of aromatic nitrogens is 2. The highest BCUT2D eigenvalue weighted by Crippen LogP contribution is 2.20. The Bertz CT molecular complexity index is 658. The number of ether oxygens (including phenoxy) is 1. The zero-order chi connectivity index (χ0) is 14.5. The summed E-state index contributed by atoms with van der Waals surface area (Å²) in [4.78, 5) is 22.5. The summed E-state index contributed by atoms with van der Waals surface area (Å²) in [5.74, 6) is 0.461. The van der Waals surface area contributed by atoms with Crippen LogP contribution in [0.3, 0.4) is 0 Å². The van der Waals surface area contributed by atoms with Crippen molar-refractivity contribution in [1.29, 1.82) is 0 Å². The Morgan fingerprint density at radius 1 is 1.30 bits per heavy atom. The van der Waals surface area contributed by atoms with Crippen LogP contribution < -0.4 is 15.6 Å². The molecule has 0 atom stereocenters. The van der Waals surface area contributed by atoms with Gasteiger partial charge in [-0.3, -0.25) is 14.7 Å². The van der Waals surface area contributed by atoms with Gasteiger partial charge in [0.05, 0.1) is 12.2 Å². The van der Waals surface area contributed by atoms with E-state index in [0.717, 1.165) is 11.1 Å². The molecule has 1 heterocycles. The normalized spacial score (nSPS) is 10.3. The number of rotatable bonds is 5. The molecule has 0 aliphatic carbocycles. The molecule has 0 aliphatic heterocycles. The lowest BCUT2D eigenvalue weighted by molar-refractivity contribution is -0.123. The van der Waals surface area contributed by atoms with Gasteiger partial charge in [-0.15, -0.1) is 0 Å². The summed E-state index contributed by atoms with van der Waals surface area (Å²) in [5.41, 5.74) is 2.54. The first-order valence-corrected chi connectivity index (χ1v) is 6.28. The number of H-pyrrole nitrogens is 2. The largest absolute Gasteiger partial charge is 0.483 e. The van der Waals surface area contributed by atoms with Crippen molar-refractivity contribution in [3.63, 3.8) is 0 Å². The molecule has 1 aromatic heterocycles. The molecule has 0 bridgehead atoms.